The Balaban J connectivity index is 1.14. The summed E-state index contributed by atoms with van der Waals surface area (Å²) < 4.78 is 7.85. The molecule has 1 spiro atoms. The lowest BCUT2D eigenvalue weighted by atomic mass is 9.73. The van der Waals surface area contributed by atoms with Gasteiger partial charge in [0.2, 0.25) is 5.91 Å². The minimum Gasteiger partial charge on any atom is -0.444 e. The van der Waals surface area contributed by atoms with Crippen molar-refractivity contribution < 1.29 is 14.3 Å². The number of nitrogens with one attached hydrogen (secondary N) is 1. The smallest absolute Gasteiger partial charge is 0.410 e. The van der Waals surface area contributed by atoms with Crippen molar-refractivity contribution in [3.05, 3.63) is 36.2 Å². The number of ether oxygens (including phenoxy) is 1. The third kappa shape index (κ3) is 6.03. The number of aromatic nitrogens is 3. The van der Waals surface area contributed by atoms with E-state index in [1.807, 2.05) is 27.1 Å². The second kappa shape index (κ2) is 12.8. The summed E-state index contributed by atoms with van der Waals surface area (Å²) in [5, 5.41) is 13.0. The second-order valence-electron chi connectivity index (χ2n) is 16.9. The van der Waals surface area contributed by atoms with Crippen molar-refractivity contribution in [2.75, 3.05) is 36.4 Å². The fourth-order valence-electron chi connectivity index (χ4n) is 9.08. The largest absolute Gasteiger partial charge is 0.444 e. The number of fused-ring (bicyclic) bond motifs is 3. The predicted octanol–water partition coefficient (Wildman–Crippen LogP) is 7.03. The van der Waals surface area contributed by atoms with Gasteiger partial charge in [0.15, 0.2) is 5.82 Å². The van der Waals surface area contributed by atoms with Crippen molar-refractivity contribution in [2.45, 2.75) is 128 Å². The molecule has 51 heavy (non-hydrogen) atoms. The molecule has 3 aromatic rings. The van der Waals surface area contributed by atoms with Crippen LogP contribution in [0, 0.1) is 17.2 Å². The highest BCUT2D eigenvalue weighted by Gasteiger charge is 2.56. The zero-order chi connectivity index (χ0) is 35.7. The number of pyridine rings is 1. The molecule has 0 radical (unpaired) electrons. The fourth-order valence-corrected chi connectivity index (χ4v) is 9.08. The quantitative estimate of drug-likeness (QED) is 0.293. The summed E-state index contributed by atoms with van der Waals surface area (Å²) in [6, 6.07) is 12.0. The predicted molar refractivity (Wildman–Crippen MR) is 198 cm³/mol. The van der Waals surface area contributed by atoms with Crippen LogP contribution in [0.1, 0.15) is 104 Å². The van der Waals surface area contributed by atoms with Gasteiger partial charge >= 0.3 is 6.09 Å². The van der Waals surface area contributed by atoms with E-state index in [0.29, 0.717) is 32.0 Å². The van der Waals surface area contributed by atoms with Gasteiger partial charge in [0.1, 0.15) is 11.1 Å². The molecule has 5 aliphatic rings. The molecule has 1 N–H and O–H groups in total. The average Bonchev–Trinajstić information content (AvgIpc) is 3.60. The molecule has 0 bridgehead atoms. The molecular formula is C40H52N8O3. The number of rotatable bonds is 6. The standard InChI is InChI=1S/C40H52N8O3/c1-25(2)47-24-42-33-22-32(44-36(35(33)47)43-28-17-26(18-28)23-41)27-9-10-31-34(19-27)48(30-20-29(21-30)45-13-7-6-8-14-45)37(49)40(31)11-15-46(16-12-40)38(50)51-39(3,4)5/h9-10,19,22,24-26,28-30H,6-8,11-18,20-21H2,1-5H3,(H,43,44)/t26-,28+,29-,30+. The van der Waals surface area contributed by atoms with Crippen molar-refractivity contribution in [3.63, 3.8) is 0 Å². The molecule has 2 saturated carbocycles. The molecule has 0 atom stereocenters. The number of benzene rings is 1. The minimum atomic E-state index is -0.662. The Morgan fingerprint density at radius 1 is 1.02 bits per heavy atom. The first-order valence-electron chi connectivity index (χ1n) is 19.2. The summed E-state index contributed by atoms with van der Waals surface area (Å²) in [5.41, 5.74) is 4.44. The monoisotopic (exact) mass is 692 g/mol. The van der Waals surface area contributed by atoms with Crippen LogP contribution in [0.15, 0.2) is 30.6 Å². The summed E-state index contributed by atoms with van der Waals surface area (Å²) in [6.07, 6.45) is 10.2. The van der Waals surface area contributed by atoms with E-state index in [9.17, 15) is 14.9 Å². The summed E-state index contributed by atoms with van der Waals surface area (Å²) in [7, 11) is 0. The summed E-state index contributed by atoms with van der Waals surface area (Å²) in [5.74, 6) is 1.05. The van der Waals surface area contributed by atoms with Crippen LogP contribution in [-0.4, -0.2) is 86.2 Å². The van der Waals surface area contributed by atoms with Gasteiger partial charge in [-0.25, -0.2) is 14.8 Å². The van der Waals surface area contributed by atoms with Gasteiger partial charge in [-0.15, -0.1) is 0 Å². The van der Waals surface area contributed by atoms with Gasteiger partial charge in [-0.1, -0.05) is 18.6 Å². The van der Waals surface area contributed by atoms with Crippen LogP contribution in [0.25, 0.3) is 22.3 Å². The van der Waals surface area contributed by atoms with E-state index in [-0.39, 0.29) is 36.0 Å². The van der Waals surface area contributed by atoms with Crippen molar-refractivity contribution >= 4 is 34.5 Å². The van der Waals surface area contributed by atoms with Crippen molar-refractivity contribution in [2.24, 2.45) is 5.92 Å². The number of likely N-dealkylation sites (tertiary alicyclic amines) is 2. The van der Waals surface area contributed by atoms with Crippen LogP contribution in [0.4, 0.5) is 16.3 Å². The van der Waals surface area contributed by atoms with Gasteiger partial charge in [-0.3, -0.25) is 4.79 Å². The molecule has 11 nitrogen and oxygen atoms in total. The lowest BCUT2D eigenvalue weighted by Crippen LogP contribution is -2.58. The van der Waals surface area contributed by atoms with Crippen LogP contribution in [0.5, 0.6) is 0 Å². The zero-order valence-corrected chi connectivity index (χ0v) is 30.8. The molecule has 2 aromatic heterocycles. The fraction of sp³-hybridized carbons (Fsp3) is 0.625. The van der Waals surface area contributed by atoms with Gasteiger partial charge in [-0.2, -0.15) is 5.26 Å². The topological polar surface area (TPSA) is 120 Å². The first-order chi connectivity index (χ1) is 24.4. The molecule has 270 valence electrons. The molecule has 0 unspecified atom stereocenters. The molecular weight excluding hydrogens is 640 g/mol. The number of hydrogen-bond acceptors (Lipinski definition) is 8. The normalized spacial score (nSPS) is 26.2. The highest BCUT2D eigenvalue weighted by molar-refractivity contribution is 6.09. The average molecular weight is 693 g/mol. The number of piperidine rings is 2. The number of carbonyl (C=O) groups excluding carboxylic acids is 2. The lowest BCUT2D eigenvalue weighted by Gasteiger charge is -2.48. The van der Waals surface area contributed by atoms with Crippen molar-refractivity contribution in [1.29, 1.82) is 5.26 Å². The van der Waals surface area contributed by atoms with Crippen LogP contribution < -0.4 is 10.2 Å². The number of anilines is 2. The first-order valence-corrected chi connectivity index (χ1v) is 19.2. The Labute approximate surface area is 301 Å². The Morgan fingerprint density at radius 3 is 2.41 bits per heavy atom. The maximum absolute atomic E-state index is 14.8. The highest BCUT2D eigenvalue weighted by Crippen LogP contribution is 2.52. The maximum Gasteiger partial charge on any atom is 0.410 e. The number of imidazole rings is 1. The maximum atomic E-state index is 14.8. The Morgan fingerprint density at radius 2 is 1.75 bits per heavy atom. The van der Waals surface area contributed by atoms with Crippen molar-refractivity contribution in [3.8, 4) is 17.3 Å². The van der Waals surface area contributed by atoms with Gasteiger partial charge in [0.05, 0.1) is 34.9 Å². The Hall–Kier alpha value is -4.17. The van der Waals surface area contributed by atoms with Crippen LogP contribution in [0.3, 0.4) is 0 Å². The first kappa shape index (κ1) is 33.9. The van der Waals surface area contributed by atoms with E-state index in [2.05, 4.69) is 63.9 Å². The minimum absolute atomic E-state index is 0.0840. The zero-order valence-electron chi connectivity index (χ0n) is 30.8. The molecule has 1 aromatic carbocycles. The van der Waals surface area contributed by atoms with Crippen LogP contribution >= 0.6 is 0 Å². The van der Waals surface area contributed by atoms with E-state index >= 15 is 0 Å². The third-order valence-corrected chi connectivity index (χ3v) is 12.1. The summed E-state index contributed by atoms with van der Waals surface area (Å²) >= 11 is 0. The number of nitriles is 1. The van der Waals surface area contributed by atoms with E-state index in [1.54, 1.807) is 4.90 Å². The van der Waals surface area contributed by atoms with E-state index in [0.717, 1.165) is 78.1 Å². The highest BCUT2D eigenvalue weighted by atomic mass is 16.6. The Kier molecular flexibility index (Phi) is 8.52. The molecule has 2 saturated heterocycles. The van der Waals surface area contributed by atoms with Crippen molar-refractivity contribution in [1.82, 2.24) is 24.3 Å². The number of carbonyl (C=O) groups is 2. The molecule has 5 heterocycles. The molecule has 11 heteroatoms. The number of nitrogens with zero attached hydrogens (tertiary/aromatic N) is 7. The van der Waals surface area contributed by atoms with Crippen LogP contribution in [0.2, 0.25) is 0 Å². The van der Waals surface area contributed by atoms with Gasteiger partial charge < -0.3 is 29.3 Å². The van der Waals surface area contributed by atoms with Gasteiger partial charge in [-0.05, 0) is 117 Å². The van der Waals surface area contributed by atoms with E-state index in [1.165, 1.54) is 19.3 Å². The SMILES string of the molecule is CC(C)n1cnc2cc(-c3ccc4c(c3)N([C@H]3C[C@@H](N5CCCCC5)C3)C(=O)C43CCN(C(=O)OC(C)(C)C)CC3)nc(N[C@H]3C[C@@H](C#N)C3)c21. The third-order valence-electron chi connectivity index (χ3n) is 12.1. The van der Waals surface area contributed by atoms with Gasteiger partial charge in [0.25, 0.3) is 0 Å². The Bertz CT molecular complexity index is 1860. The van der Waals surface area contributed by atoms with E-state index < -0.39 is 11.0 Å². The van der Waals surface area contributed by atoms with E-state index in [4.69, 9.17) is 14.7 Å². The molecule has 3 aliphatic heterocycles. The molecule has 8 rings (SSSR count). The van der Waals surface area contributed by atoms with Crippen LogP contribution in [-0.2, 0) is 14.9 Å². The lowest BCUT2D eigenvalue weighted by molar-refractivity contribution is -0.126. The number of amides is 2. The molecule has 4 fully saturated rings. The summed E-state index contributed by atoms with van der Waals surface area (Å²) in [6.45, 7) is 13.2. The molecule has 2 aliphatic carbocycles. The van der Waals surface area contributed by atoms with Gasteiger partial charge in [0, 0.05) is 48.5 Å². The number of hydrogen-bond donors (Lipinski definition) is 1. The summed E-state index contributed by atoms with van der Waals surface area (Å²) in [4.78, 5) is 44.4. The second-order valence-corrected chi connectivity index (χ2v) is 16.9. The molecule has 2 amide bonds.